The second kappa shape index (κ2) is 24.2. The smallest absolute Gasteiger partial charge is 0.150 e. The van der Waals surface area contributed by atoms with Crippen molar-refractivity contribution in [2.75, 3.05) is 37.2 Å². The van der Waals surface area contributed by atoms with E-state index in [-0.39, 0.29) is 11.4 Å². The highest BCUT2D eigenvalue weighted by atomic mass is 19.1. The Kier molecular flexibility index (Phi) is 15.3. The molecular weight excluding hydrogens is 1150 g/mol. The molecule has 10 heteroatoms. The van der Waals surface area contributed by atoms with Gasteiger partial charge >= 0.3 is 0 Å². The lowest BCUT2D eigenvalue weighted by Gasteiger charge is -2.35. The Morgan fingerprint density at radius 2 is 0.630 bits per heavy atom. The third-order valence-electron chi connectivity index (χ3n) is 17.8. The predicted octanol–water partition coefficient (Wildman–Crippen LogP) is 20.7. The monoisotopic (exact) mass is 1210 g/mol. The van der Waals surface area contributed by atoms with Gasteiger partial charge in [-0.1, -0.05) is 171 Å². The molecule has 2 aliphatic rings. The Labute approximate surface area is 532 Å². The average molecular weight is 1210 g/mol. The first-order chi connectivity index (χ1) is 45.1. The van der Waals surface area contributed by atoms with Crippen LogP contribution in [0.15, 0.2) is 292 Å². The fraction of sp³-hybridized carbons (Fsp3) is 0.0732. The average Bonchev–Trinajstić information content (AvgIpc) is 1.55. The molecule has 2 atom stereocenters. The van der Waals surface area contributed by atoms with Crippen LogP contribution in [0.4, 0.5) is 51.7 Å². The molecule has 2 unspecified atom stereocenters. The lowest BCUT2D eigenvalue weighted by molar-refractivity contribution is 0.363. The van der Waals surface area contributed by atoms with E-state index in [1.54, 1.807) is 36.2 Å². The van der Waals surface area contributed by atoms with E-state index in [9.17, 15) is 0 Å². The fourth-order valence-electron chi connectivity index (χ4n) is 13.8. The van der Waals surface area contributed by atoms with Gasteiger partial charge in [-0.3, -0.25) is 0 Å². The van der Waals surface area contributed by atoms with E-state index in [4.69, 9.17) is 18.9 Å². The van der Waals surface area contributed by atoms with Crippen LogP contribution in [0.2, 0.25) is 0 Å². The molecule has 0 bridgehead atoms. The van der Waals surface area contributed by atoms with Crippen molar-refractivity contribution in [3.8, 4) is 56.4 Å². The summed E-state index contributed by atoms with van der Waals surface area (Å²) in [5.74, 6) is -0.223. The van der Waals surface area contributed by atoms with Crippen molar-refractivity contribution in [2.45, 2.75) is 10.8 Å². The highest BCUT2D eigenvalue weighted by Crippen LogP contribution is 2.60. The third kappa shape index (κ3) is 9.74. The van der Waals surface area contributed by atoms with Crippen LogP contribution in [0.25, 0.3) is 33.4 Å². The molecule has 0 N–H and O–H groups in total. The van der Waals surface area contributed by atoms with Gasteiger partial charge in [0.05, 0.1) is 25.0 Å². The molecule has 0 aromatic heterocycles. The van der Waals surface area contributed by atoms with E-state index in [0.29, 0.717) is 59.0 Å². The van der Waals surface area contributed by atoms with Crippen molar-refractivity contribution >= 4 is 34.1 Å². The first-order valence-electron chi connectivity index (χ1n) is 30.2. The van der Waals surface area contributed by atoms with Crippen molar-refractivity contribution in [1.29, 1.82) is 0 Å². The Morgan fingerprint density at radius 1 is 0.326 bits per heavy atom. The molecule has 0 fully saturated rings. The number of nitrogens with zero attached hydrogens (tertiary/aromatic N) is 2. The SMILES string of the molecule is C=CCOc1ccc(C2(c3ccc(OC)cc3)c3ccccc3-c3ccc(N(c4ccc(-c5ccc(N(c6ccc7c(c6)C(c6ccc(OC)cc6)(c6ccc(OCC=C)cc6)c6ccccc6-7)c6c(F)cccc6F)cc5)cc4)c4c(F)cccc4F)cc32)cc1. The summed E-state index contributed by atoms with van der Waals surface area (Å²) in [6, 6.07) is 83.5. The quantitative estimate of drug-likeness (QED) is 0.0594. The first-order valence-corrected chi connectivity index (χ1v) is 30.2. The minimum absolute atomic E-state index is 0.247. The topological polar surface area (TPSA) is 43.4 Å². The van der Waals surface area contributed by atoms with Crippen molar-refractivity contribution in [1.82, 2.24) is 0 Å². The van der Waals surface area contributed by atoms with Crippen LogP contribution in [0.1, 0.15) is 44.5 Å². The van der Waals surface area contributed by atoms with Gasteiger partial charge in [-0.2, -0.15) is 0 Å². The minimum Gasteiger partial charge on any atom is -0.497 e. The molecule has 12 aromatic rings. The minimum atomic E-state index is -0.906. The number of ether oxygens (including phenoxy) is 4. The van der Waals surface area contributed by atoms with Gasteiger partial charge in [-0.15, -0.1) is 0 Å². The Hall–Kier alpha value is -11.4. The summed E-state index contributed by atoms with van der Waals surface area (Å²) < 4.78 is 89.6. The van der Waals surface area contributed by atoms with Crippen molar-refractivity contribution < 1.29 is 36.5 Å². The van der Waals surface area contributed by atoms with E-state index < -0.39 is 34.1 Å². The van der Waals surface area contributed by atoms with Crippen LogP contribution in [0.5, 0.6) is 23.0 Å². The normalized spacial score (nSPS) is 14.9. The van der Waals surface area contributed by atoms with Crippen LogP contribution in [-0.2, 0) is 10.8 Å². The molecule has 450 valence electrons. The number of benzene rings is 12. The standard InChI is InChI=1S/C82H60F4N2O4/c1-5-49-91-65-43-29-57(30-44-65)81(55-25-39-63(89-3)40-26-55)71-15-9-7-13-67(71)69-47-37-61(51-73(69)81)87(79-75(83)17-11-18-76(79)84)59-33-21-53(22-34-59)54-23-35-60(36-24-54)88(80-77(85)19-12-20-78(80)86)62-38-48-70-68-14-8-10-16-72(68)82(74(70)52-62,56-27-41-64(90-4)42-28-56)58-31-45-66(46-32-58)92-50-6-2/h5-48,51-52H,1-2,49-50H2,3-4H3. The summed E-state index contributed by atoms with van der Waals surface area (Å²) in [5.41, 5.74) is 13.0. The number of halogens is 4. The maximum atomic E-state index is 16.6. The Bertz CT molecular complexity index is 4400. The van der Waals surface area contributed by atoms with Crippen LogP contribution in [0.3, 0.4) is 0 Å². The molecule has 14 rings (SSSR count). The predicted molar refractivity (Wildman–Crippen MR) is 360 cm³/mol. The molecule has 0 spiro atoms. The van der Waals surface area contributed by atoms with Gasteiger partial charge in [-0.05, 0) is 199 Å². The molecular formula is C82H60F4N2O4. The molecule has 12 aromatic carbocycles. The van der Waals surface area contributed by atoms with Crippen LogP contribution in [0, 0.1) is 23.3 Å². The summed E-state index contributed by atoms with van der Waals surface area (Å²) in [4.78, 5) is 3.25. The van der Waals surface area contributed by atoms with Crippen LogP contribution in [-0.4, -0.2) is 27.4 Å². The fourth-order valence-corrected chi connectivity index (χ4v) is 13.8. The van der Waals surface area contributed by atoms with Gasteiger partial charge in [0, 0.05) is 22.7 Å². The Balaban J connectivity index is 0.871. The molecule has 0 amide bonds. The number of hydrogen-bond donors (Lipinski definition) is 0. The maximum absolute atomic E-state index is 16.6. The number of anilines is 6. The molecule has 2 aliphatic carbocycles. The number of hydrogen-bond acceptors (Lipinski definition) is 6. The number of fused-ring (bicyclic) bond motifs is 6. The van der Waals surface area contributed by atoms with E-state index in [1.807, 2.05) is 158 Å². The summed E-state index contributed by atoms with van der Waals surface area (Å²) in [6.07, 6.45) is 3.41. The van der Waals surface area contributed by atoms with Crippen molar-refractivity contribution in [2.24, 2.45) is 0 Å². The molecule has 0 heterocycles. The van der Waals surface area contributed by atoms with Crippen molar-refractivity contribution in [3.05, 3.63) is 360 Å². The zero-order valence-corrected chi connectivity index (χ0v) is 50.4. The summed E-state index contributed by atoms with van der Waals surface area (Å²) in [7, 11) is 3.27. The second-order valence-corrected chi connectivity index (χ2v) is 22.7. The van der Waals surface area contributed by atoms with E-state index in [1.165, 1.54) is 36.4 Å². The third-order valence-corrected chi connectivity index (χ3v) is 17.8. The molecule has 6 nitrogen and oxygen atoms in total. The second-order valence-electron chi connectivity index (χ2n) is 22.7. The number of rotatable bonds is 19. The van der Waals surface area contributed by atoms with Gasteiger partial charge in [0.25, 0.3) is 0 Å². The molecule has 0 saturated heterocycles. The van der Waals surface area contributed by atoms with E-state index >= 15 is 17.6 Å². The lowest BCUT2D eigenvalue weighted by Crippen LogP contribution is -2.29. The number of methoxy groups -OCH3 is 2. The highest BCUT2D eigenvalue weighted by Gasteiger charge is 2.48. The Morgan fingerprint density at radius 3 is 0.957 bits per heavy atom. The largest absolute Gasteiger partial charge is 0.497 e. The van der Waals surface area contributed by atoms with Gasteiger partial charge < -0.3 is 28.7 Å². The van der Waals surface area contributed by atoms with Gasteiger partial charge in [0.2, 0.25) is 0 Å². The zero-order valence-electron chi connectivity index (χ0n) is 50.4. The van der Waals surface area contributed by atoms with Gasteiger partial charge in [0.1, 0.15) is 70.9 Å². The van der Waals surface area contributed by atoms with E-state index in [0.717, 1.165) is 77.9 Å². The molecule has 0 aliphatic heterocycles. The lowest BCUT2D eigenvalue weighted by atomic mass is 9.67. The van der Waals surface area contributed by atoms with Gasteiger partial charge in [0.15, 0.2) is 0 Å². The molecule has 0 radical (unpaired) electrons. The summed E-state index contributed by atoms with van der Waals surface area (Å²) in [5, 5.41) is 0. The van der Waals surface area contributed by atoms with Crippen LogP contribution >= 0.6 is 0 Å². The first kappa shape index (κ1) is 58.3. The molecule has 0 saturated carbocycles. The van der Waals surface area contributed by atoms with E-state index in [2.05, 4.69) is 86.0 Å². The summed E-state index contributed by atoms with van der Waals surface area (Å²) >= 11 is 0. The molecule has 92 heavy (non-hydrogen) atoms. The van der Waals surface area contributed by atoms with Gasteiger partial charge in [-0.25, -0.2) is 17.6 Å². The van der Waals surface area contributed by atoms with Crippen molar-refractivity contribution in [3.63, 3.8) is 0 Å². The zero-order chi connectivity index (χ0) is 63.1. The summed E-state index contributed by atoms with van der Waals surface area (Å²) in [6.45, 7) is 8.33. The number of para-hydroxylation sites is 2. The maximum Gasteiger partial charge on any atom is 0.150 e. The highest BCUT2D eigenvalue weighted by molar-refractivity contribution is 5.92. The van der Waals surface area contributed by atoms with Crippen LogP contribution < -0.4 is 28.7 Å².